The molecule has 25 heavy (non-hydrogen) atoms. The van der Waals surface area contributed by atoms with Crippen molar-refractivity contribution in [1.82, 2.24) is 9.88 Å². The number of hydrogen-bond acceptors (Lipinski definition) is 5. The van der Waals surface area contributed by atoms with Crippen LogP contribution in [0.3, 0.4) is 0 Å². The summed E-state index contributed by atoms with van der Waals surface area (Å²) in [4.78, 5) is 29.3. The van der Waals surface area contributed by atoms with Crippen LogP contribution >= 0.6 is 0 Å². The highest BCUT2D eigenvalue weighted by molar-refractivity contribution is 5.96. The maximum absolute atomic E-state index is 12.3. The Morgan fingerprint density at radius 1 is 1.20 bits per heavy atom. The van der Waals surface area contributed by atoms with Gasteiger partial charge >= 0.3 is 0 Å². The number of non-ortho nitro benzene ring substituents is 1. The zero-order valence-electron chi connectivity index (χ0n) is 14.1. The number of anilines is 1. The molecule has 1 aliphatic rings. The molecule has 0 saturated carbocycles. The summed E-state index contributed by atoms with van der Waals surface area (Å²) in [5, 5.41) is 14.8. The molecule has 1 saturated heterocycles. The number of nitro benzene ring substituents is 1. The van der Waals surface area contributed by atoms with Crippen LogP contribution in [0.2, 0.25) is 0 Å². The van der Waals surface area contributed by atoms with E-state index in [1.807, 2.05) is 4.90 Å². The van der Waals surface area contributed by atoms with Crippen molar-refractivity contribution in [3.63, 3.8) is 0 Å². The number of fused-ring (bicyclic) bond motifs is 1. The van der Waals surface area contributed by atoms with E-state index in [4.69, 9.17) is 0 Å². The van der Waals surface area contributed by atoms with E-state index in [9.17, 15) is 14.9 Å². The van der Waals surface area contributed by atoms with Crippen molar-refractivity contribution in [2.45, 2.75) is 32.1 Å². The van der Waals surface area contributed by atoms with Gasteiger partial charge in [-0.1, -0.05) is 12.8 Å². The SMILES string of the molecule is O=C(CCNc1ccc([N+](=O)[O-])c2cccnc12)N1CCCCCC1. The first kappa shape index (κ1) is 17.1. The minimum Gasteiger partial charge on any atom is -0.383 e. The molecule has 0 spiro atoms. The molecular weight excluding hydrogens is 320 g/mol. The van der Waals surface area contributed by atoms with Crippen LogP contribution in [0, 0.1) is 10.1 Å². The standard InChI is InChI=1S/C18H22N4O3/c23-17(21-12-3-1-2-4-13-21)9-11-19-15-7-8-16(22(24)25)14-6-5-10-20-18(14)15/h5-8,10,19H,1-4,9,11-13H2. The quantitative estimate of drug-likeness (QED) is 0.665. The van der Waals surface area contributed by atoms with Crippen molar-refractivity contribution in [3.05, 3.63) is 40.6 Å². The number of pyridine rings is 1. The molecule has 3 rings (SSSR count). The molecule has 1 N–H and O–H groups in total. The fourth-order valence-electron chi connectivity index (χ4n) is 3.24. The summed E-state index contributed by atoms with van der Waals surface area (Å²) in [7, 11) is 0. The summed E-state index contributed by atoms with van der Waals surface area (Å²) in [5.41, 5.74) is 1.30. The second-order valence-electron chi connectivity index (χ2n) is 6.26. The van der Waals surface area contributed by atoms with E-state index < -0.39 is 4.92 Å². The van der Waals surface area contributed by atoms with E-state index >= 15 is 0 Å². The van der Waals surface area contributed by atoms with Crippen LogP contribution in [0.15, 0.2) is 30.5 Å². The van der Waals surface area contributed by atoms with Gasteiger partial charge in [-0.3, -0.25) is 19.9 Å². The van der Waals surface area contributed by atoms with Gasteiger partial charge < -0.3 is 10.2 Å². The van der Waals surface area contributed by atoms with Gasteiger partial charge in [-0.2, -0.15) is 0 Å². The predicted octanol–water partition coefficient (Wildman–Crippen LogP) is 3.35. The van der Waals surface area contributed by atoms with Crippen molar-refractivity contribution in [2.24, 2.45) is 0 Å². The highest BCUT2D eigenvalue weighted by Gasteiger charge is 2.17. The molecule has 0 aliphatic carbocycles. The molecule has 7 nitrogen and oxygen atoms in total. The number of nitrogens with one attached hydrogen (secondary N) is 1. The molecule has 7 heteroatoms. The van der Waals surface area contributed by atoms with Crippen LogP contribution in [0.25, 0.3) is 10.9 Å². The van der Waals surface area contributed by atoms with Crippen molar-refractivity contribution in [3.8, 4) is 0 Å². The summed E-state index contributed by atoms with van der Waals surface area (Å²) in [5.74, 6) is 0.161. The molecule has 0 radical (unpaired) electrons. The first-order chi connectivity index (χ1) is 12.2. The molecule has 1 aliphatic heterocycles. The summed E-state index contributed by atoms with van der Waals surface area (Å²) < 4.78 is 0. The Bertz CT molecular complexity index is 770. The molecule has 1 fully saturated rings. The number of benzene rings is 1. The van der Waals surface area contributed by atoms with Gasteiger partial charge in [0.05, 0.1) is 16.0 Å². The molecular formula is C18H22N4O3. The lowest BCUT2D eigenvalue weighted by Crippen LogP contribution is -2.32. The number of aromatic nitrogens is 1. The first-order valence-corrected chi connectivity index (χ1v) is 8.70. The van der Waals surface area contributed by atoms with Gasteiger partial charge in [0.25, 0.3) is 5.69 Å². The third-order valence-electron chi connectivity index (χ3n) is 4.56. The van der Waals surface area contributed by atoms with Gasteiger partial charge in [-0.15, -0.1) is 0 Å². The zero-order valence-corrected chi connectivity index (χ0v) is 14.1. The summed E-state index contributed by atoms with van der Waals surface area (Å²) in [6, 6.07) is 6.50. The third-order valence-corrected chi connectivity index (χ3v) is 4.56. The van der Waals surface area contributed by atoms with Crippen LogP contribution in [0.5, 0.6) is 0 Å². The van der Waals surface area contributed by atoms with Crippen molar-refractivity contribution >= 4 is 28.2 Å². The largest absolute Gasteiger partial charge is 0.383 e. The molecule has 1 aromatic carbocycles. The maximum Gasteiger partial charge on any atom is 0.278 e. The number of nitro groups is 1. The van der Waals surface area contributed by atoms with E-state index in [0.29, 0.717) is 29.6 Å². The van der Waals surface area contributed by atoms with E-state index in [1.165, 1.54) is 18.9 Å². The second kappa shape index (κ2) is 7.92. The fourth-order valence-corrected chi connectivity index (χ4v) is 3.24. The van der Waals surface area contributed by atoms with E-state index in [-0.39, 0.29) is 11.6 Å². The molecule has 0 atom stereocenters. The normalized spacial score (nSPS) is 15.0. The number of amides is 1. The number of likely N-dealkylation sites (tertiary alicyclic amines) is 1. The Labute approximate surface area is 146 Å². The topological polar surface area (TPSA) is 88.4 Å². The average Bonchev–Trinajstić information content (AvgIpc) is 2.91. The van der Waals surface area contributed by atoms with Crippen molar-refractivity contribution in [1.29, 1.82) is 0 Å². The Balaban J connectivity index is 1.66. The average molecular weight is 342 g/mol. The number of carbonyl (C=O) groups is 1. The smallest absolute Gasteiger partial charge is 0.278 e. The summed E-state index contributed by atoms with van der Waals surface area (Å²) in [6.45, 7) is 2.18. The molecule has 1 aromatic heterocycles. The van der Waals surface area contributed by atoms with Crippen LogP contribution in [0.4, 0.5) is 11.4 Å². The van der Waals surface area contributed by atoms with Gasteiger partial charge in [-0.05, 0) is 31.0 Å². The third kappa shape index (κ3) is 4.04. The van der Waals surface area contributed by atoms with Gasteiger partial charge in [-0.25, -0.2) is 0 Å². The fraction of sp³-hybridized carbons (Fsp3) is 0.444. The molecule has 2 heterocycles. The van der Waals surface area contributed by atoms with Gasteiger partial charge in [0.2, 0.25) is 5.91 Å². The van der Waals surface area contributed by atoms with Gasteiger partial charge in [0, 0.05) is 38.3 Å². The summed E-state index contributed by atoms with van der Waals surface area (Å²) in [6.07, 6.45) is 6.57. The minimum absolute atomic E-state index is 0.0364. The van der Waals surface area contributed by atoms with E-state index in [0.717, 1.165) is 25.9 Å². The molecule has 0 bridgehead atoms. The van der Waals surface area contributed by atoms with Crippen LogP contribution in [-0.4, -0.2) is 40.3 Å². The van der Waals surface area contributed by atoms with Gasteiger partial charge in [0.15, 0.2) is 0 Å². The number of hydrogen-bond donors (Lipinski definition) is 1. The summed E-state index contributed by atoms with van der Waals surface area (Å²) >= 11 is 0. The second-order valence-corrected chi connectivity index (χ2v) is 6.26. The van der Waals surface area contributed by atoms with Crippen LogP contribution < -0.4 is 5.32 Å². The van der Waals surface area contributed by atoms with E-state index in [1.54, 1.807) is 24.4 Å². The Morgan fingerprint density at radius 3 is 2.68 bits per heavy atom. The number of nitrogens with zero attached hydrogens (tertiary/aromatic N) is 3. The molecule has 132 valence electrons. The molecule has 1 amide bonds. The van der Waals surface area contributed by atoms with Crippen molar-refractivity contribution in [2.75, 3.05) is 25.0 Å². The van der Waals surface area contributed by atoms with Crippen LogP contribution in [-0.2, 0) is 4.79 Å². The Morgan fingerprint density at radius 2 is 1.96 bits per heavy atom. The Hall–Kier alpha value is -2.70. The highest BCUT2D eigenvalue weighted by atomic mass is 16.6. The lowest BCUT2D eigenvalue weighted by Gasteiger charge is -2.20. The monoisotopic (exact) mass is 342 g/mol. The zero-order chi connectivity index (χ0) is 17.6. The maximum atomic E-state index is 12.3. The first-order valence-electron chi connectivity index (χ1n) is 8.70. The van der Waals surface area contributed by atoms with Gasteiger partial charge in [0.1, 0.15) is 5.52 Å². The lowest BCUT2D eigenvalue weighted by atomic mass is 10.1. The number of carbonyl (C=O) groups excluding carboxylic acids is 1. The van der Waals surface area contributed by atoms with Crippen LogP contribution in [0.1, 0.15) is 32.1 Å². The Kier molecular flexibility index (Phi) is 5.42. The lowest BCUT2D eigenvalue weighted by molar-refractivity contribution is -0.383. The minimum atomic E-state index is -0.406. The predicted molar refractivity (Wildman–Crippen MR) is 96.6 cm³/mol. The van der Waals surface area contributed by atoms with E-state index in [2.05, 4.69) is 10.3 Å². The molecule has 2 aromatic rings. The number of rotatable bonds is 5. The van der Waals surface area contributed by atoms with Crippen molar-refractivity contribution < 1.29 is 9.72 Å². The molecule has 0 unspecified atom stereocenters. The highest BCUT2D eigenvalue weighted by Crippen LogP contribution is 2.29.